The molecule has 0 aliphatic heterocycles. The molecule has 2 aromatic rings. The van der Waals surface area contributed by atoms with Gasteiger partial charge in [-0.05, 0) is 51.0 Å². The van der Waals surface area contributed by atoms with Crippen molar-refractivity contribution in [3.63, 3.8) is 0 Å². The molecule has 4 heteroatoms. The van der Waals surface area contributed by atoms with Crippen LogP contribution in [-0.2, 0) is 0 Å². The molecule has 1 aliphatic carbocycles. The largest absolute Gasteiger partial charge is 0.304 e. The standard InChI is InChI=1S/C20H28N4/c1-15(17-9-5-7-13-21-17)23-19-11-3-4-12-20(19)24-16(2)18-10-6-8-14-22-18/h5-10,13-16,19-20,23-24H,3-4,11-12H2,1-2H3/t15-,16-,19+,20+/m0/s1. The molecule has 2 heterocycles. The van der Waals surface area contributed by atoms with Gasteiger partial charge in [0.2, 0.25) is 0 Å². The Balaban J connectivity index is 1.63. The number of nitrogens with zero attached hydrogens (tertiary/aromatic N) is 2. The normalized spacial score (nSPS) is 23.6. The van der Waals surface area contributed by atoms with Crippen molar-refractivity contribution in [2.75, 3.05) is 0 Å². The Bertz CT molecular complexity index is 546. The summed E-state index contributed by atoms with van der Waals surface area (Å²) in [5, 5.41) is 7.59. The Kier molecular flexibility index (Phi) is 5.94. The Morgan fingerprint density at radius 2 is 1.25 bits per heavy atom. The van der Waals surface area contributed by atoms with Crippen LogP contribution in [0.4, 0.5) is 0 Å². The zero-order valence-corrected chi connectivity index (χ0v) is 14.7. The number of rotatable bonds is 6. The van der Waals surface area contributed by atoms with Gasteiger partial charge < -0.3 is 10.6 Å². The monoisotopic (exact) mass is 324 g/mol. The Labute approximate surface area is 145 Å². The first kappa shape index (κ1) is 17.1. The van der Waals surface area contributed by atoms with Crippen molar-refractivity contribution in [3.05, 3.63) is 60.2 Å². The van der Waals surface area contributed by atoms with Crippen molar-refractivity contribution in [2.45, 2.75) is 63.7 Å². The number of hydrogen-bond acceptors (Lipinski definition) is 4. The van der Waals surface area contributed by atoms with Crippen molar-refractivity contribution in [1.82, 2.24) is 20.6 Å². The number of pyridine rings is 2. The number of hydrogen-bond donors (Lipinski definition) is 2. The quantitative estimate of drug-likeness (QED) is 0.849. The summed E-state index contributed by atoms with van der Waals surface area (Å²) in [6, 6.07) is 13.7. The van der Waals surface area contributed by atoms with E-state index < -0.39 is 0 Å². The molecule has 1 saturated carbocycles. The Hall–Kier alpha value is -1.78. The van der Waals surface area contributed by atoms with Crippen molar-refractivity contribution < 1.29 is 0 Å². The Morgan fingerprint density at radius 1 is 0.792 bits per heavy atom. The SMILES string of the molecule is C[C@H](N[C@@H]1CCCC[C@H]1N[C@@H](C)c1ccccn1)c1ccccn1. The lowest BCUT2D eigenvalue weighted by Crippen LogP contribution is -2.51. The van der Waals surface area contributed by atoms with Crippen LogP contribution in [0.1, 0.15) is 63.0 Å². The molecule has 1 aliphatic rings. The summed E-state index contributed by atoms with van der Waals surface area (Å²) in [6.07, 6.45) is 8.75. The molecule has 0 spiro atoms. The van der Waals surface area contributed by atoms with Crippen molar-refractivity contribution in [3.8, 4) is 0 Å². The molecule has 0 saturated heterocycles. The Morgan fingerprint density at radius 3 is 1.62 bits per heavy atom. The third kappa shape index (κ3) is 4.40. The molecule has 128 valence electrons. The first-order valence-electron chi connectivity index (χ1n) is 9.08. The van der Waals surface area contributed by atoms with Crippen LogP contribution in [0.5, 0.6) is 0 Å². The van der Waals surface area contributed by atoms with Crippen LogP contribution in [0.2, 0.25) is 0 Å². The van der Waals surface area contributed by atoms with E-state index in [1.165, 1.54) is 25.7 Å². The molecule has 1 fully saturated rings. The lowest BCUT2D eigenvalue weighted by Gasteiger charge is -2.36. The van der Waals surface area contributed by atoms with Gasteiger partial charge >= 0.3 is 0 Å². The molecular weight excluding hydrogens is 296 g/mol. The molecular formula is C20H28N4. The van der Waals surface area contributed by atoms with Gasteiger partial charge in [0.25, 0.3) is 0 Å². The van der Waals surface area contributed by atoms with Gasteiger partial charge in [0.1, 0.15) is 0 Å². The van der Waals surface area contributed by atoms with Gasteiger partial charge in [0.15, 0.2) is 0 Å². The lowest BCUT2D eigenvalue weighted by molar-refractivity contribution is 0.251. The highest BCUT2D eigenvalue weighted by Gasteiger charge is 2.28. The van der Waals surface area contributed by atoms with Gasteiger partial charge in [-0.2, -0.15) is 0 Å². The van der Waals surface area contributed by atoms with Gasteiger partial charge in [-0.3, -0.25) is 9.97 Å². The van der Waals surface area contributed by atoms with E-state index in [1.807, 2.05) is 24.5 Å². The summed E-state index contributed by atoms with van der Waals surface area (Å²) in [4.78, 5) is 8.97. The third-order valence-electron chi connectivity index (χ3n) is 4.96. The van der Waals surface area contributed by atoms with Crippen LogP contribution >= 0.6 is 0 Å². The highest BCUT2D eigenvalue weighted by molar-refractivity contribution is 5.10. The highest BCUT2D eigenvalue weighted by atomic mass is 15.1. The summed E-state index contributed by atoms with van der Waals surface area (Å²) in [7, 11) is 0. The first-order chi connectivity index (χ1) is 11.7. The molecule has 4 nitrogen and oxygen atoms in total. The topological polar surface area (TPSA) is 49.8 Å². The molecule has 2 N–H and O–H groups in total. The summed E-state index contributed by atoms with van der Waals surface area (Å²) in [6.45, 7) is 4.41. The van der Waals surface area contributed by atoms with E-state index in [9.17, 15) is 0 Å². The van der Waals surface area contributed by atoms with Gasteiger partial charge in [-0.15, -0.1) is 0 Å². The zero-order chi connectivity index (χ0) is 16.8. The van der Waals surface area contributed by atoms with Crippen LogP contribution in [0.3, 0.4) is 0 Å². The zero-order valence-electron chi connectivity index (χ0n) is 14.7. The van der Waals surface area contributed by atoms with Crippen molar-refractivity contribution in [2.24, 2.45) is 0 Å². The maximum absolute atomic E-state index is 4.48. The van der Waals surface area contributed by atoms with E-state index in [-0.39, 0.29) is 12.1 Å². The molecule has 0 radical (unpaired) electrons. The van der Waals surface area contributed by atoms with Crippen LogP contribution in [-0.4, -0.2) is 22.1 Å². The smallest absolute Gasteiger partial charge is 0.0570 e. The lowest BCUT2D eigenvalue weighted by atomic mass is 9.89. The first-order valence-corrected chi connectivity index (χ1v) is 9.08. The average Bonchev–Trinajstić information content (AvgIpc) is 2.64. The summed E-state index contributed by atoms with van der Waals surface area (Å²) in [5.41, 5.74) is 2.22. The van der Waals surface area contributed by atoms with E-state index in [0.29, 0.717) is 12.1 Å². The van der Waals surface area contributed by atoms with Crippen molar-refractivity contribution >= 4 is 0 Å². The third-order valence-corrected chi connectivity index (χ3v) is 4.96. The maximum atomic E-state index is 4.48. The second-order valence-corrected chi connectivity index (χ2v) is 6.78. The van der Waals surface area contributed by atoms with E-state index in [2.05, 4.69) is 58.7 Å². The molecule has 0 aromatic carbocycles. The van der Waals surface area contributed by atoms with E-state index in [0.717, 1.165) is 11.4 Å². The van der Waals surface area contributed by atoms with Crippen LogP contribution in [0, 0.1) is 0 Å². The molecule has 24 heavy (non-hydrogen) atoms. The summed E-state index contributed by atoms with van der Waals surface area (Å²) in [5.74, 6) is 0. The van der Waals surface area contributed by atoms with E-state index >= 15 is 0 Å². The summed E-state index contributed by atoms with van der Waals surface area (Å²) < 4.78 is 0. The fraction of sp³-hybridized carbons (Fsp3) is 0.500. The molecule has 0 bridgehead atoms. The van der Waals surface area contributed by atoms with Crippen LogP contribution in [0.25, 0.3) is 0 Å². The maximum Gasteiger partial charge on any atom is 0.0570 e. The van der Waals surface area contributed by atoms with Gasteiger partial charge in [0, 0.05) is 36.6 Å². The number of nitrogens with one attached hydrogen (secondary N) is 2. The van der Waals surface area contributed by atoms with Crippen LogP contribution in [0.15, 0.2) is 48.8 Å². The van der Waals surface area contributed by atoms with E-state index in [4.69, 9.17) is 0 Å². The second-order valence-electron chi connectivity index (χ2n) is 6.78. The minimum atomic E-state index is 0.267. The minimum Gasteiger partial charge on any atom is -0.304 e. The predicted molar refractivity (Wildman–Crippen MR) is 97.6 cm³/mol. The predicted octanol–water partition coefficient (Wildman–Crippen LogP) is 3.79. The number of aromatic nitrogens is 2. The molecule has 0 unspecified atom stereocenters. The molecule has 4 atom stereocenters. The molecule has 2 aromatic heterocycles. The van der Waals surface area contributed by atoms with Gasteiger partial charge in [0.05, 0.1) is 11.4 Å². The average molecular weight is 324 g/mol. The second kappa shape index (κ2) is 8.36. The summed E-state index contributed by atoms with van der Waals surface area (Å²) >= 11 is 0. The van der Waals surface area contributed by atoms with Crippen LogP contribution < -0.4 is 10.6 Å². The molecule has 3 rings (SSSR count). The van der Waals surface area contributed by atoms with Gasteiger partial charge in [-0.1, -0.05) is 25.0 Å². The van der Waals surface area contributed by atoms with Crippen molar-refractivity contribution in [1.29, 1.82) is 0 Å². The van der Waals surface area contributed by atoms with E-state index in [1.54, 1.807) is 0 Å². The fourth-order valence-corrected chi connectivity index (χ4v) is 3.61. The highest BCUT2D eigenvalue weighted by Crippen LogP contribution is 2.24. The molecule has 0 amide bonds. The van der Waals surface area contributed by atoms with Gasteiger partial charge in [-0.25, -0.2) is 0 Å². The minimum absolute atomic E-state index is 0.267. The fourth-order valence-electron chi connectivity index (χ4n) is 3.61.